The number of nitriles is 1. The quantitative estimate of drug-likeness (QED) is 0.413. The largest absolute Gasteiger partial charge is 0.469 e. The topological polar surface area (TPSA) is 86.6 Å². The van der Waals surface area contributed by atoms with Crippen molar-refractivity contribution in [2.24, 2.45) is 13.0 Å². The molecule has 34 heavy (non-hydrogen) atoms. The molecule has 2 aliphatic heterocycles. The summed E-state index contributed by atoms with van der Waals surface area (Å²) >= 11 is 0. The minimum Gasteiger partial charge on any atom is -0.469 e. The first-order valence-electron chi connectivity index (χ1n) is 10.9. The van der Waals surface area contributed by atoms with E-state index in [1.807, 2.05) is 66.2 Å². The average Bonchev–Trinajstić information content (AvgIpc) is 3.60. The summed E-state index contributed by atoms with van der Waals surface area (Å²) in [4.78, 5) is 13.8. The van der Waals surface area contributed by atoms with Crippen LogP contribution in [0.2, 0.25) is 0 Å². The van der Waals surface area contributed by atoms with Crippen LogP contribution in [0.25, 0.3) is 16.7 Å². The number of hydrogen-bond acceptors (Lipinski definition) is 6. The van der Waals surface area contributed by atoms with E-state index in [1.54, 1.807) is 12.1 Å². The van der Waals surface area contributed by atoms with Crippen LogP contribution in [0.4, 0.5) is 0 Å². The van der Waals surface area contributed by atoms with Crippen molar-refractivity contribution in [2.45, 2.75) is 11.7 Å². The van der Waals surface area contributed by atoms with Gasteiger partial charge in [-0.2, -0.15) is 5.26 Å². The molecule has 2 aromatic heterocycles. The molecular weight excluding hydrogens is 432 g/mol. The van der Waals surface area contributed by atoms with Crippen molar-refractivity contribution >= 4 is 22.6 Å². The fraction of sp³-hybridized carbons (Fsp3) is 0.185. The van der Waals surface area contributed by atoms with Crippen molar-refractivity contribution in [3.8, 4) is 11.9 Å². The van der Waals surface area contributed by atoms with Crippen LogP contribution in [-0.2, 0) is 26.9 Å². The number of hydrogen-bond donors (Lipinski definition) is 0. The summed E-state index contributed by atoms with van der Waals surface area (Å²) in [6, 6.07) is 22.9. The summed E-state index contributed by atoms with van der Waals surface area (Å²) < 4.78 is 26.0. The van der Waals surface area contributed by atoms with E-state index in [4.69, 9.17) is 18.6 Å². The van der Waals surface area contributed by atoms with E-state index in [0.717, 1.165) is 16.5 Å². The van der Waals surface area contributed by atoms with Crippen LogP contribution in [0.3, 0.4) is 0 Å². The zero-order valence-electron chi connectivity index (χ0n) is 18.5. The van der Waals surface area contributed by atoms with Crippen molar-refractivity contribution in [2.75, 3.05) is 7.11 Å². The molecule has 0 amide bonds. The number of aryl methyl sites for hydroxylation is 1. The number of furan rings is 1. The van der Waals surface area contributed by atoms with E-state index in [0.29, 0.717) is 17.2 Å². The molecule has 2 aromatic carbocycles. The van der Waals surface area contributed by atoms with Crippen molar-refractivity contribution in [1.29, 1.82) is 5.26 Å². The number of para-hydroxylation sites is 1. The lowest BCUT2D eigenvalue weighted by Gasteiger charge is -2.41. The lowest BCUT2D eigenvalue weighted by molar-refractivity contribution is -0.171. The highest BCUT2D eigenvalue weighted by Gasteiger charge is 2.67. The highest BCUT2D eigenvalue weighted by Crippen LogP contribution is 2.62. The Bertz CT molecular complexity index is 1490. The van der Waals surface area contributed by atoms with Gasteiger partial charge in [0.15, 0.2) is 11.5 Å². The molecule has 168 valence electrons. The number of nitrogens with zero attached hydrogens (tertiary/aromatic N) is 2. The van der Waals surface area contributed by atoms with Gasteiger partial charge in [0.05, 0.1) is 42.0 Å². The molecular formula is C27H20N2O5. The second-order valence-electron chi connectivity index (χ2n) is 8.34. The second-order valence-corrected chi connectivity index (χ2v) is 8.34. The molecule has 0 unspecified atom stereocenters. The Morgan fingerprint density at radius 2 is 1.85 bits per heavy atom. The van der Waals surface area contributed by atoms with Gasteiger partial charge in [0, 0.05) is 12.4 Å². The van der Waals surface area contributed by atoms with Gasteiger partial charge >= 0.3 is 5.97 Å². The van der Waals surface area contributed by atoms with Crippen molar-refractivity contribution in [1.82, 2.24) is 4.57 Å². The van der Waals surface area contributed by atoms with Gasteiger partial charge < -0.3 is 23.2 Å². The SMILES string of the molecule is COC(=O)[C@@]12OC(c3ccco3)=C(C#N)[C@@H]1[C@@H](c1ccccc1)Oc1c2c2ccccc2n1C. The number of rotatable bonds is 3. The van der Waals surface area contributed by atoms with Crippen molar-refractivity contribution < 1.29 is 23.4 Å². The molecule has 0 fully saturated rings. The molecule has 0 bridgehead atoms. The molecule has 0 aliphatic carbocycles. The Balaban J connectivity index is 1.73. The number of carbonyl (C=O) groups excluding carboxylic acids is 1. The van der Waals surface area contributed by atoms with Crippen LogP contribution >= 0.6 is 0 Å². The maximum atomic E-state index is 13.8. The predicted octanol–water partition coefficient (Wildman–Crippen LogP) is 4.85. The molecule has 0 saturated heterocycles. The maximum Gasteiger partial charge on any atom is 0.356 e. The third-order valence-electron chi connectivity index (χ3n) is 6.70. The number of benzene rings is 2. The summed E-state index contributed by atoms with van der Waals surface area (Å²) in [6.45, 7) is 0. The number of aromatic nitrogens is 1. The zero-order valence-corrected chi connectivity index (χ0v) is 18.5. The van der Waals surface area contributed by atoms with Gasteiger partial charge in [-0.15, -0.1) is 0 Å². The third kappa shape index (κ3) is 2.48. The molecule has 0 spiro atoms. The van der Waals surface area contributed by atoms with E-state index >= 15 is 0 Å². The Kier molecular flexibility index (Phi) is 4.33. The zero-order chi connectivity index (χ0) is 23.4. The predicted molar refractivity (Wildman–Crippen MR) is 122 cm³/mol. The van der Waals surface area contributed by atoms with Crippen LogP contribution in [-0.4, -0.2) is 17.6 Å². The van der Waals surface area contributed by atoms with Crippen LogP contribution in [0, 0.1) is 17.2 Å². The molecule has 4 aromatic rings. The Morgan fingerprint density at radius 3 is 2.56 bits per heavy atom. The fourth-order valence-electron chi connectivity index (χ4n) is 5.29. The van der Waals surface area contributed by atoms with E-state index < -0.39 is 23.6 Å². The Labute approximate surface area is 195 Å². The highest BCUT2D eigenvalue weighted by atomic mass is 16.6. The van der Waals surface area contributed by atoms with Gasteiger partial charge in [0.1, 0.15) is 6.10 Å². The summed E-state index contributed by atoms with van der Waals surface area (Å²) in [5.74, 6) is -0.329. The van der Waals surface area contributed by atoms with Gasteiger partial charge in [0.2, 0.25) is 11.5 Å². The summed E-state index contributed by atoms with van der Waals surface area (Å²) in [5.41, 5.74) is 0.860. The number of carbonyl (C=O) groups is 1. The average molecular weight is 452 g/mol. The Morgan fingerprint density at radius 1 is 1.09 bits per heavy atom. The molecule has 6 rings (SSSR count). The number of ether oxygens (including phenoxy) is 3. The molecule has 4 heterocycles. The summed E-state index contributed by atoms with van der Waals surface area (Å²) in [6.07, 6.45) is 0.820. The van der Waals surface area contributed by atoms with E-state index in [-0.39, 0.29) is 11.3 Å². The molecule has 0 saturated carbocycles. The van der Waals surface area contributed by atoms with Crippen molar-refractivity contribution in [3.63, 3.8) is 0 Å². The highest BCUT2D eigenvalue weighted by molar-refractivity contribution is 5.98. The molecule has 2 aliphatic rings. The van der Waals surface area contributed by atoms with Crippen LogP contribution in [0.15, 0.2) is 83.0 Å². The first-order valence-corrected chi connectivity index (χ1v) is 10.9. The fourth-order valence-corrected chi connectivity index (χ4v) is 5.29. The number of fused-ring (bicyclic) bond motifs is 5. The number of methoxy groups -OCH3 is 1. The van der Waals surface area contributed by atoms with Crippen molar-refractivity contribution in [3.05, 3.63) is 95.5 Å². The van der Waals surface area contributed by atoms with E-state index in [2.05, 4.69) is 6.07 Å². The molecule has 7 heteroatoms. The number of esters is 1. The minimum atomic E-state index is -1.64. The van der Waals surface area contributed by atoms with E-state index in [1.165, 1.54) is 13.4 Å². The van der Waals surface area contributed by atoms with Gasteiger partial charge in [-0.3, -0.25) is 0 Å². The lowest BCUT2D eigenvalue weighted by atomic mass is 9.72. The minimum absolute atomic E-state index is 0.216. The van der Waals surface area contributed by atoms with Gasteiger partial charge in [-0.25, -0.2) is 4.79 Å². The van der Waals surface area contributed by atoms with Crippen LogP contribution in [0.5, 0.6) is 5.88 Å². The molecule has 7 nitrogen and oxygen atoms in total. The first-order chi connectivity index (χ1) is 16.6. The van der Waals surface area contributed by atoms with Crippen LogP contribution in [0.1, 0.15) is 23.0 Å². The summed E-state index contributed by atoms with van der Waals surface area (Å²) in [7, 11) is 3.21. The molecule has 0 radical (unpaired) electrons. The summed E-state index contributed by atoms with van der Waals surface area (Å²) in [5, 5.41) is 11.1. The standard InChI is InChI=1S/C27H20N2O5/c1-29-19-12-7-6-11-17(19)22-25(29)33-23(16-9-4-3-5-10-16)21-18(15-28)24(20-13-8-14-32-20)34-27(21,22)26(30)31-2/h3-14,21,23H,1-2H3/t21-,23-,27-/m1/s1. The Hall–Kier alpha value is -4.44. The molecule has 3 atom stereocenters. The first kappa shape index (κ1) is 20.2. The second kappa shape index (κ2) is 7.29. The lowest BCUT2D eigenvalue weighted by Crippen LogP contribution is -2.49. The van der Waals surface area contributed by atoms with Gasteiger partial charge in [-0.05, 0) is 23.8 Å². The normalized spacial score (nSPS) is 23.0. The smallest absolute Gasteiger partial charge is 0.356 e. The van der Waals surface area contributed by atoms with Gasteiger partial charge in [0.25, 0.3) is 0 Å². The third-order valence-corrected chi connectivity index (χ3v) is 6.70. The molecule has 0 N–H and O–H groups in total. The van der Waals surface area contributed by atoms with Crippen LogP contribution < -0.4 is 4.74 Å². The monoisotopic (exact) mass is 452 g/mol. The van der Waals surface area contributed by atoms with Gasteiger partial charge in [-0.1, -0.05) is 48.5 Å². The maximum absolute atomic E-state index is 13.8. The van der Waals surface area contributed by atoms with E-state index in [9.17, 15) is 10.1 Å².